The molecule has 1 aliphatic carbocycles. The largest absolute Gasteiger partial charge is 0.492 e. The molecule has 4 nitrogen and oxygen atoms in total. The van der Waals surface area contributed by atoms with Crippen molar-refractivity contribution in [3.63, 3.8) is 0 Å². The summed E-state index contributed by atoms with van der Waals surface area (Å²) in [6.45, 7) is 3.25. The smallest absolute Gasteiger partial charge is 0.337 e. The fourth-order valence-electron chi connectivity index (χ4n) is 2.57. The van der Waals surface area contributed by atoms with Crippen molar-refractivity contribution in [1.82, 2.24) is 4.57 Å². The molecule has 1 saturated carbocycles. The van der Waals surface area contributed by atoms with Crippen molar-refractivity contribution >= 4 is 5.97 Å². The first-order valence-corrected chi connectivity index (χ1v) is 7.27. The Morgan fingerprint density at radius 3 is 2.62 bits per heavy atom. The number of hydrogen-bond acceptors (Lipinski definition) is 2. The highest BCUT2D eigenvalue weighted by Crippen LogP contribution is 2.42. The van der Waals surface area contributed by atoms with Crippen LogP contribution in [0.5, 0.6) is 5.75 Å². The summed E-state index contributed by atoms with van der Waals surface area (Å²) in [6, 6.07) is 9.64. The van der Waals surface area contributed by atoms with Gasteiger partial charge in [-0.2, -0.15) is 0 Å². The molecule has 1 aromatic carbocycles. The van der Waals surface area contributed by atoms with Crippen LogP contribution in [0.4, 0.5) is 0 Å². The summed E-state index contributed by atoms with van der Waals surface area (Å²) in [6.07, 6.45) is 4.03. The predicted molar refractivity (Wildman–Crippen MR) is 80.0 cm³/mol. The van der Waals surface area contributed by atoms with E-state index in [9.17, 15) is 9.90 Å². The molecule has 1 N–H and O–H groups in total. The van der Waals surface area contributed by atoms with Gasteiger partial charge in [-0.3, -0.25) is 0 Å². The third kappa shape index (κ3) is 3.10. The number of carbonyl (C=O) groups is 1. The first-order valence-electron chi connectivity index (χ1n) is 7.27. The Balaban J connectivity index is 1.65. The highest BCUT2D eigenvalue weighted by atomic mass is 16.5. The summed E-state index contributed by atoms with van der Waals surface area (Å²) in [5, 5.41) is 9.24. The van der Waals surface area contributed by atoms with Gasteiger partial charge in [-0.25, -0.2) is 4.79 Å². The topological polar surface area (TPSA) is 51.5 Å². The second-order valence-corrected chi connectivity index (χ2v) is 5.55. The SMILES string of the molecule is Cc1ccc(OCCn2ccc(C(=O)O)c2C2CC2)cc1. The van der Waals surface area contributed by atoms with Gasteiger partial charge in [0.05, 0.1) is 12.1 Å². The summed E-state index contributed by atoms with van der Waals surface area (Å²) in [7, 11) is 0. The zero-order chi connectivity index (χ0) is 14.8. The van der Waals surface area contributed by atoms with E-state index in [-0.39, 0.29) is 0 Å². The van der Waals surface area contributed by atoms with E-state index < -0.39 is 5.97 Å². The van der Waals surface area contributed by atoms with Gasteiger partial charge in [-0.1, -0.05) is 17.7 Å². The van der Waals surface area contributed by atoms with Crippen LogP contribution in [0.2, 0.25) is 0 Å². The van der Waals surface area contributed by atoms with Crippen molar-refractivity contribution in [1.29, 1.82) is 0 Å². The molecule has 0 bridgehead atoms. The third-order valence-corrected chi connectivity index (χ3v) is 3.82. The van der Waals surface area contributed by atoms with E-state index in [4.69, 9.17) is 4.74 Å². The number of aryl methyl sites for hydroxylation is 1. The Morgan fingerprint density at radius 2 is 2.00 bits per heavy atom. The van der Waals surface area contributed by atoms with Crippen LogP contribution in [0.3, 0.4) is 0 Å². The minimum Gasteiger partial charge on any atom is -0.492 e. The van der Waals surface area contributed by atoms with Gasteiger partial charge >= 0.3 is 5.97 Å². The fraction of sp³-hybridized carbons (Fsp3) is 0.353. The molecule has 0 spiro atoms. The minimum atomic E-state index is -0.838. The molecule has 0 atom stereocenters. The molecule has 0 saturated heterocycles. The van der Waals surface area contributed by atoms with Crippen molar-refractivity contribution in [2.75, 3.05) is 6.61 Å². The molecule has 1 aliphatic rings. The second kappa shape index (κ2) is 5.64. The molecule has 2 aromatic rings. The lowest BCUT2D eigenvalue weighted by atomic mass is 10.2. The first kappa shape index (κ1) is 13.7. The summed E-state index contributed by atoms with van der Waals surface area (Å²) >= 11 is 0. The zero-order valence-corrected chi connectivity index (χ0v) is 12.1. The molecule has 0 radical (unpaired) electrons. The Kier molecular flexibility index (Phi) is 3.69. The van der Waals surface area contributed by atoms with Gasteiger partial charge in [0.2, 0.25) is 0 Å². The number of hydrogen-bond donors (Lipinski definition) is 1. The van der Waals surface area contributed by atoms with Crippen molar-refractivity contribution in [2.45, 2.75) is 32.2 Å². The maximum Gasteiger partial charge on any atom is 0.337 e. The van der Waals surface area contributed by atoms with Gasteiger partial charge in [-0.15, -0.1) is 0 Å². The van der Waals surface area contributed by atoms with Gasteiger partial charge < -0.3 is 14.4 Å². The summed E-state index contributed by atoms with van der Waals surface area (Å²) in [5.41, 5.74) is 2.60. The van der Waals surface area contributed by atoms with Gasteiger partial charge in [-0.05, 0) is 38.0 Å². The zero-order valence-electron chi connectivity index (χ0n) is 12.1. The van der Waals surface area contributed by atoms with Crippen LogP contribution in [0, 0.1) is 6.92 Å². The molecule has 3 rings (SSSR count). The summed E-state index contributed by atoms with van der Waals surface area (Å²) < 4.78 is 7.74. The lowest BCUT2D eigenvalue weighted by Crippen LogP contribution is -2.11. The maximum atomic E-state index is 11.2. The number of benzene rings is 1. The standard InChI is InChI=1S/C17H19NO3/c1-12-2-6-14(7-3-12)21-11-10-18-9-8-15(17(19)20)16(18)13-4-5-13/h2-3,6-9,13H,4-5,10-11H2,1H3,(H,19,20). The highest BCUT2D eigenvalue weighted by Gasteiger charge is 2.31. The van der Waals surface area contributed by atoms with E-state index in [0.29, 0.717) is 24.6 Å². The highest BCUT2D eigenvalue weighted by molar-refractivity contribution is 5.89. The molecule has 21 heavy (non-hydrogen) atoms. The average molecular weight is 285 g/mol. The molecular formula is C17H19NO3. The molecule has 0 unspecified atom stereocenters. The van der Waals surface area contributed by atoms with Gasteiger partial charge in [0.1, 0.15) is 12.4 Å². The fourth-order valence-corrected chi connectivity index (χ4v) is 2.57. The Morgan fingerprint density at radius 1 is 1.29 bits per heavy atom. The Hall–Kier alpha value is -2.23. The molecule has 0 aliphatic heterocycles. The number of carboxylic acid groups (broad SMARTS) is 1. The van der Waals surface area contributed by atoms with E-state index in [2.05, 4.69) is 0 Å². The normalized spacial score (nSPS) is 14.1. The Bertz CT molecular complexity index is 639. The molecule has 110 valence electrons. The molecule has 4 heteroatoms. The van der Waals surface area contributed by atoms with Crippen LogP contribution >= 0.6 is 0 Å². The van der Waals surface area contributed by atoms with Crippen LogP contribution < -0.4 is 4.74 Å². The first-order chi connectivity index (χ1) is 10.1. The number of aromatic carboxylic acids is 1. The van der Waals surface area contributed by atoms with Crippen LogP contribution in [0.25, 0.3) is 0 Å². The Labute approximate surface area is 124 Å². The average Bonchev–Trinajstić information content (AvgIpc) is 3.21. The van der Waals surface area contributed by atoms with Crippen LogP contribution in [-0.4, -0.2) is 22.2 Å². The van der Waals surface area contributed by atoms with Crippen molar-refractivity contribution < 1.29 is 14.6 Å². The van der Waals surface area contributed by atoms with E-state index in [1.54, 1.807) is 6.07 Å². The van der Waals surface area contributed by atoms with Gasteiger partial charge in [0.15, 0.2) is 0 Å². The summed E-state index contributed by atoms with van der Waals surface area (Å²) in [5.74, 6) is 0.416. The van der Waals surface area contributed by atoms with E-state index in [0.717, 1.165) is 24.3 Å². The van der Waals surface area contributed by atoms with Crippen LogP contribution in [0.15, 0.2) is 36.5 Å². The number of nitrogens with zero attached hydrogens (tertiary/aromatic N) is 1. The number of carboxylic acids is 1. The molecular weight excluding hydrogens is 266 g/mol. The monoisotopic (exact) mass is 285 g/mol. The van der Waals surface area contributed by atoms with Crippen LogP contribution in [-0.2, 0) is 6.54 Å². The predicted octanol–water partition coefficient (Wildman–Crippen LogP) is 3.45. The van der Waals surface area contributed by atoms with Crippen molar-refractivity contribution in [3.8, 4) is 5.75 Å². The molecule has 1 aromatic heterocycles. The number of ether oxygens (including phenoxy) is 1. The lowest BCUT2D eigenvalue weighted by molar-refractivity contribution is 0.0695. The molecule has 1 fully saturated rings. The lowest BCUT2D eigenvalue weighted by Gasteiger charge is -2.11. The van der Waals surface area contributed by atoms with Crippen molar-refractivity contribution in [2.24, 2.45) is 0 Å². The minimum absolute atomic E-state index is 0.408. The van der Waals surface area contributed by atoms with Gasteiger partial charge in [0, 0.05) is 17.8 Å². The van der Waals surface area contributed by atoms with Gasteiger partial charge in [0.25, 0.3) is 0 Å². The van der Waals surface area contributed by atoms with E-state index >= 15 is 0 Å². The third-order valence-electron chi connectivity index (χ3n) is 3.82. The van der Waals surface area contributed by atoms with Crippen LogP contribution in [0.1, 0.15) is 40.4 Å². The van der Waals surface area contributed by atoms with E-state index in [1.807, 2.05) is 42.0 Å². The number of rotatable bonds is 6. The molecule has 1 heterocycles. The maximum absolute atomic E-state index is 11.2. The van der Waals surface area contributed by atoms with Crippen molar-refractivity contribution in [3.05, 3.63) is 53.3 Å². The van der Waals surface area contributed by atoms with E-state index in [1.165, 1.54) is 5.56 Å². The summed E-state index contributed by atoms with van der Waals surface area (Å²) in [4.78, 5) is 11.2. The quantitative estimate of drug-likeness (QED) is 0.884. The second-order valence-electron chi connectivity index (χ2n) is 5.55. The molecule has 0 amide bonds. The number of aromatic nitrogens is 1.